The monoisotopic (exact) mass is 329 g/mol. The molecule has 6 nitrogen and oxygen atoms in total. The van der Waals surface area contributed by atoms with Crippen LogP contribution in [0.1, 0.15) is 28.2 Å². The Morgan fingerprint density at radius 1 is 1.25 bits per heavy atom. The van der Waals surface area contributed by atoms with Gasteiger partial charge in [-0.05, 0) is 42.3 Å². The van der Waals surface area contributed by atoms with Crippen molar-refractivity contribution in [3.63, 3.8) is 0 Å². The number of anilines is 2. The van der Waals surface area contributed by atoms with Crippen molar-refractivity contribution in [1.29, 1.82) is 0 Å². The van der Waals surface area contributed by atoms with Crippen LogP contribution in [0.2, 0.25) is 0 Å². The molecule has 3 aromatic rings. The molecule has 8 heteroatoms. The highest BCUT2D eigenvalue weighted by atomic mass is 19.3. The van der Waals surface area contributed by atoms with E-state index in [-0.39, 0.29) is 17.1 Å². The van der Waals surface area contributed by atoms with E-state index in [9.17, 15) is 13.6 Å². The third-order valence-corrected chi connectivity index (χ3v) is 3.96. The van der Waals surface area contributed by atoms with Gasteiger partial charge in [-0.1, -0.05) is 0 Å². The summed E-state index contributed by atoms with van der Waals surface area (Å²) < 4.78 is 26.9. The number of fused-ring (bicyclic) bond motifs is 2. The molecule has 0 spiro atoms. The number of hydrogen-bond acceptors (Lipinski definition) is 4. The van der Waals surface area contributed by atoms with Crippen LogP contribution in [-0.4, -0.2) is 27.0 Å². The van der Waals surface area contributed by atoms with Gasteiger partial charge in [0, 0.05) is 24.1 Å². The normalized spacial score (nSPS) is 13.1. The lowest BCUT2D eigenvalue weighted by Crippen LogP contribution is -2.13. The summed E-state index contributed by atoms with van der Waals surface area (Å²) in [5.41, 5.74) is 3.40. The predicted octanol–water partition coefficient (Wildman–Crippen LogP) is 2.89. The Bertz CT molecular complexity index is 937. The number of aromatic nitrogens is 3. The maximum Gasteiger partial charge on any atom is 0.297 e. The van der Waals surface area contributed by atoms with E-state index in [0.717, 1.165) is 28.6 Å². The molecule has 0 bridgehead atoms. The Hall–Kier alpha value is -3.03. The first-order chi connectivity index (χ1) is 11.6. The summed E-state index contributed by atoms with van der Waals surface area (Å²) in [6, 6.07) is 8.64. The smallest absolute Gasteiger partial charge is 0.297 e. The Kier molecular flexibility index (Phi) is 3.37. The molecule has 0 aliphatic carbocycles. The molecule has 0 fully saturated rings. The predicted molar refractivity (Wildman–Crippen MR) is 84.5 cm³/mol. The lowest BCUT2D eigenvalue weighted by atomic mass is 10.1. The first-order valence-corrected chi connectivity index (χ1v) is 7.43. The second-order valence-electron chi connectivity index (χ2n) is 5.51. The average Bonchev–Trinajstić information content (AvgIpc) is 3.20. The summed E-state index contributed by atoms with van der Waals surface area (Å²) in [4.78, 5) is 12.4. The highest BCUT2D eigenvalue weighted by molar-refractivity contribution is 6.04. The fraction of sp³-hybridized carbons (Fsp3) is 0.188. The Balaban J connectivity index is 1.62. The molecular formula is C16H13F2N5O. The van der Waals surface area contributed by atoms with Crippen molar-refractivity contribution in [3.8, 4) is 0 Å². The molecule has 3 heterocycles. The number of carbonyl (C=O) groups is 1. The zero-order chi connectivity index (χ0) is 16.7. The molecule has 0 atom stereocenters. The molecule has 2 N–H and O–H groups in total. The van der Waals surface area contributed by atoms with Gasteiger partial charge in [0.1, 0.15) is 0 Å². The number of nitrogens with zero attached hydrogens (tertiary/aromatic N) is 3. The minimum absolute atomic E-state index is 0.253. The van der Waals surface area contributed by atoms with Gasteiger partial charge in [-0.15, -0.1) is 10.2 Å². The number of nitrogens with one attached hydrogen (secondary N) is 2. The van der Waals surface area contributed by atoms with E-state index >= 15 is 0 Å². The average molecular weight is 329 g/mol. The van der Waals surface area contributed by atoms with E-state index < -0.39 is 12.2 Å². The van der Waals surface area contributed by atoms with E-state index in [4.69, 9.17) is 0 Å². The first kappa shape index (κ1) is 14.6. The van der Waals surface area contributed by atoms with Crippen LogP contribution >= 0.6 is 0 Å². The molecule has 0 unspecified atom stereocenters. The number of rotatable bonds is 3. The zero-order valence-electron chi connectivity index (χ0n) is 12.5. The fourth-order valence-corrected chi connectivity index (χ4v) is 2.78. The molecule has 0 saturated carbocycles. The lowest BCUT2D eigenvalue weighted by Gasteiger charge is -2.08. The van der Waals surface area contributed by atoms with Crippen molar-refractivity contribution in [2.45, 2.75) is 12.8 Å². The van der Waals surface area contributed by atoms with Crippen LogP contribution in [0.5, 0.6) is 0 Å². The quantitative estimate of drug-likeness (QED) is 0.775. The van der Waals surface area contributed by atoms with Gasteiger partial charge in [0.25, 0.3) is 12.3 Å². The third kappa shape index (κ3) is 2.45. The largest absolute Gasteiger partial charge is 0.384 e. The van der Waals surface area contributed by atoms with Gasteiger partial charge >= 0.3 is 0 Å². The Morgan fingerprint density at radius 2 is 2.12 bits per heavy atom. The van der Waals surface area contributed by atoms with Gasteiger partial charge in [0.2, 0.25) is 5.82 Å². The van der Waals surface area contributed by atoms with Crippen LogP contribution < -0.4 is 10.6 Å². The third-order valence-electron chi connectivity index (χ3n) is 3.96. The number of benzene rings is 1. The molecule has 24 heavy (non-hydrogen) atoms. The number of carbonyl (C=O) groups excluding carboxylic acids is 1. The lowest BCUT2D eigenvalue weighted by molar-refractivity contribution is 0.102. The van der Waals surface area contributed by atoms with Crippen molar-refractivity contribution in [1.82, 2.24) is 14.6 Å². The van der Waals surface area contributed by atoms with Gasteiger partial charge in [0.05, 0.1) is 5.56 Å². The second-order valence-corrected chi connectivity index (χ2v) is 5.51. The van der Waals surface area contributed by atoms with Crippen LogP contribution in [0, 0.1) is 0 Å². The highest BCUT2D eigenvalue weighted by Crippen LogP contribution is 2.25. The molecule has 1 amide bonds. The Labute approximate surface area is 135 Å². The van der Waals surface area contributed by atoms with E-state index in [1.54, 1.807) is 6.07 Å². The highest BCUT2D eigenvalue weighted by Gasteiger charge is 2.17. The standard InChI is InChI=1S/C16H13F2N5O/c17-14(18)15-22-21-13-4-1-10(8-23(13)15)16(24)20-11-2-3-12-9(7-11)5-6-19-12/h1-4,7-8,14,19H,5-6H2,(H,20,24). The molecular weight excluding hydrogens is 316 g/mol. The maximum atomic E-state index is 12.9. The van der Waals surface area contributed by atoms with Crippen LogP contribution in [0.25, 0.3) is 5.65 Å². The minimum Gasteiger partial charge on any atom is -0.384 e. The number of pyridine rings is 1. The van der Waals surface area contributed by atoms with Gasteiger partial charge in [-0.25, -0.2) is 8.78 Å². The fourth-order valence-electron chi connectivity index (χ4n) is 2.78. The molecule has 122 valence electrons. The molecule has 1 aliphatic rings. The molecule has 0 saturated heterocycles. The van der Waals surface area contributed by atoms with E-state index in [1.165, 1.54) is 18.3 Å². The molecule has 4 rings (SSSR count). The van der Waals surface area contributed by atoms with Crippen molar-refractivity contribution >= 4 is 22.9 Å². The van der Waals surface area contributed by atoms with E-state index in [1.807, 2.05) is 12.1 Å². The summed E-state index contributed by atoms with van der Waals surface area (Å²) >= 11 is 0. The van der Waals surface area contributed by atoms with E-state index in [2.05, 4.69) is 20.8 Å². The molecule has 1 aromatic carbocycles. The van der Waals surface area contributed by atoms with Crippen molar-refractivity contribution in [3.05, 3.63) is 53.5 Å². The van der Waals surface area contributed by atoms with Crippen molar-refractivity contribution in [2.75, 3.05) is 17.2 Å². The minimum atomic E-state index is -2.76. The van der Waals surface area contributed by atoms with Crippen LogP contribution in [0.4, 0.5) is 20.2 Å². The van der Waals surface area contributed by atoms with Crippen LogP contribution in [0.3, 0.4) is 0 Å². The summed E-state index contributed by atoms with van der Waals surface area (Å²) in [5.74, 6) is -0.861. The first-order valence-electron chi connectivity index (χ1n) is 7.43. The number of alkyl halides is 2. The van der Waals surface area contributed by atoms with Crippen molar-refractivity contribution in [2.24, 2.45) is 0 Å². The van der Waals surface area contributed by atoms with Crippen molar-refractivity contribution < 1.29 is 13.6 Å². The second kappa shape index (κ2) is 5.55. The number of halogens is 2. The van der Waals surface area contributed by atoms with Gasteiger partial charge in [-0.3, -0.25) is 9.20 Å². The summed E-state index contributed by atoms with van der Waals surface area (Å²) in [5, 5.41) is 13.1. The Morgan fingerprint density at radius 3 is 2.96 bits per heavy atom. The van der Waals surface area contributed by atoms with Gasteiger partial charge in [-0.2, -0.15) is 0 Å². The molecule has 2 aromatic heterocycles. The SMILES string of the molecule is O=C(Nc1ccc2c(c1)CCN2)c1ccc2nnc(C(F)F)n2c1. The summed E-state index contributed by atoms with van der Waals surface area (Å²) in [7, 11) is 0. The van der Waals surface area contributed by atoms with E-state index in [0.29, 0.717) is 5.69 Å². The number of hydrogen-bond donors (Lipinski definition) is 2. The molecule has 0 radical (unpaired) electrons. The zero-order valence-corrected chi connectivity index (χ0v) is 12.5. The van der Waals surface area contributed by atoms with Crippen LogP contribution in [-0.2, 0) is 6.42 Å². The molecule has 1 aliphatic heterocycles. The summed E-state index contributed by atoms with van der Waals surface area (Å²) in [6.45, 7) is 0.882. The maximum absolute atomic E-state index is 12.9. The van der Waals surface area contributed by atoms with Crippen LogP contribution in [0.15, 0.2) is 36.5 Å². The summed E-state index contributed by atoms with van der Waals surface area (Å²) in [6.07, 6.45) is -0.535. The van der Waals surface area contributed by atoms with Gasteiger partial charge in [0.15, 0.2) is 5.65 Å². The van der Waals surface area contributed by atoms with Gasteiger partial charge < -0.3 is 10.6 Å². The topological polar surface area (TPSA) is 71.3 Å². The number of amides is 1.